The number of likely N-dealkylation sites (tertiary alicyclic amines) is 1. The molecule has 5 rings (SSSR count). The molecule has 0 spiro atoms. The van der Waals surface area contributed by atoms with Crippen molar-refractivity contribution in [2.24, 2.45) is 11.7 Å². The summed E-state index contributed by atoms with van der Waals surface area (Å²) in [6, 6.07) is 14.8. The number of hydrogen-bond acceptors (Lipinski definition) is 5. The van der Waals surface area contributed by atoms with E-state index in [-0.39, 0.29) is 23.4 Å². The second-order valence-corrected chi connectivity index (χ2v) is 9.43. The van der Waals surface area contributed by atoms with Gasteiger partial charge in [0.1, 0.15) is 11.4 Å². The Morgan fingerprint density at radius 2 is 1.89 bits per heavy atom. The number of aromatic amines is 1. The Labute approximate surface area is 220 Å². The number of carbonyl (C=O) groups is 2. The van der Waals surface area contributed by atoms with E-state index in [1.165, 1.54) is 0 Å². The van der Waals surface area contributed by atoms with E-state index in [0.29, 0.717) is 41.7 Å². The smallest absolute Gasteiger partial charge is 0.269 e. The molecule has 2 amide bonds. The summed E-state index contributed by atoms with van der Waals surface area (Å²) >= 11 is 0. The molecule has 3 heterocycles. The van der Waals surface area contributed by atoms with Gasteiger partial charge < -0.3 is 25.1 Å². The van der Waals surface area contributed by atoms with Gasteiger partial charge in [-0.05, 0) is 49.7 Å². The molecule has 1 fully saturated rings. The first-order chi connectivity index (χ1) is 18.4. The van der Waals surface area contributed by atoms with Gasteiger partial charge in [0.15, 0.2) is 17.2 Å². The van der Waals surface area contributed by atoms with Gasteiger partial charge in [-0.1, -0.05) is 31.2 Å². The molecule has 196 valence electrons. The SMILES string of the molecule is C/C=C/C(C)C(=O)N1CCC(c2cnn3c(C(N)=O)c(-c4ccc(Oc5ccccc5OC)cc4)[nH]c23)C1. The van der Waals surface area contributed by atoms with Crippen molar-refractivity contribution in [3.63, 3.8) is 0 Å². The van der Waals surface area contributed by atoms with Crippen molar-refractivity contribution >= 4 is 17.5 Å². The van der Waals surface area contributed by atoms with Crippen molar-refractivity contribution in [3.05, 3.63) is 78.1 Å². The summed E-state index contributed by atoms with van der Waals surface area (Å²) in [7, 11) is 1.60. The Hall–Kier alpha value is -4.53. The summed E-state index contributed by atoms with van der Waals surface area (Å²) in [6.45, 7) is 5.13. The number of nitrogens with zero attached hydrogens (tertiary/aromatic N) is 3. The molecule has 2 aromatic carbocycles. The second-order valence-electron chi connectivity index (χ2n) is 9.43. The molecular formula is C29H31N5O4. The van der Waals surface area contributed by atoms with Crippen molar-refractivity contribution in [1.29, 1.82) is 0 Å². The number of nitrogens with one attached hydrogen (secondary N) is 1. The van der Waals surface area contributed by atoms with E-state index in [2.05, 4.69) is 10.1 Å². The molecule has 9 heteroatoms. The number of methoxy groups -OCH3 is 1. The molecular weight excluding hydrogens is 482 g/mol. The van der Waals surface area contributed by atoms with Crippen LogP contribution in [-0.2, 0) is 4.79 Å². The largest absolute Gasteiger partial charge is 0.493 e. The maximum Gasteiger partial charge on any atom is 0.269 e. The first-order valence-corrected chi connectivity index (χ1v) is 12.6. The fourth-order valence-corrected chi connectivity index (χ4v) is 5.07. The standard InChI is InChI=1S/C29H31N5O4/c1-4-7-18(2)29(36)33-15-14-20(17-33)22-16-31-34-26(27(30)35)25(32-28(22)34)19-10-12-21(13-11-19)38-24-9-6-5-8-23(24)37-3/h4-13,16,18,20,32H,14-15,17H2,1-3H3,(H2,30,35)/b7-4+. The Morgan fingerprint density at radius 3 is 2.58 bits per heavy atom. The first kappa shape index (κ1) is 25.1. The Bertz CT molecular complexity index is 1500. The van der Waals surface area contributed by atoms with Crippen LogP contribution in [0.3, 0.4) is 0 Å². The quantitative estimate of drug-likeness (QED) is 0.330. The minimum Gasteiger partial charge on any atom is -0.493 e. The molecule has 0 aliphatic carbocycles. The number of fused-ring (bicyclic) bond motifs is 1. The van der Waals surface area contributed by atoms with E-state index >= 15 is 0 Å². The maximum atomic E-state index is 12.8. The zero-order chi connectivity index (χ0) is 26.8. The van der Waals surface area contributed by atoms with Crippen LogP contribution < -0.4 is 15.2 Å². The fourth-order valence-electron chi connectivity index (χ4n) is 5.07. The van der Waals surface area contributed by atoms with Gasteiger partial charge in [-0.2, -0.15) is 5.10 Å². The zero-order valence-corrected chi connectivity index (χ0v) is 21.7. The molecule has 1 aliphatic rings. The molecule has 0 saturated carbocycles. The number of imidazole rings is 1. The lowest BCUT2D eigenvalue weighted by molar-refractivity contribution is -0.132. The van der Waals surface area contributed by atoms with Gasteiger partial charge in [-0.25, -0.2) is 4.52 Å². The van der Waals surface area contributed by atoms with Gasteiger partial charge >= 0.3 is 0 Å². The van der Waals surface area contributed by atoms with E-state index < -0.39 is 5.91 Å². The monoisotopic (exact) mass is 513 g/mol. The minimum absolute atomic E-state index is 0.109. The molecule has 9 nitrogen and oxygen atoms in total. The number of H-pyrrole nitrogens is 1. The fraction of sp³-hybridized carbons (Fsp3) is 0.276. The third-order valence-electron chi connectivity index (χ3n) is 6.97. The highest BCUT2D eigenvalue weighted by atomic mass is 16.5. The number of benzene rings is 2. The molecule has 1 saturated heterocycles. The Balaban J connectivity index is 1.42. The van der Waals surface area contributed by atoms with E-state index in [1.54, 1.807) is 17.8 Å². The number of para-hydroxylation sites is 2. The molecule has 38 heavy (non-hydrogen) atoms. The van der Waals surface area contributed by atoms with Crippen LogP contribution in [0.25, 0.3) is 16.9 Å². The molecule has 3 N–H and O–H groups in total. The molecule has 4 aromatic rings. The average molecular weight is 514 g/mol. The average Bonchev–Trinajstić information content (AvgIpc) is 3.64. The molecule has 0 radical (unpaired) electrons. The summed E-state index contributed by atoms with van der Waals surface area (Å²) < 4.78 is 12.9. The van der Waals surface area contributed by atoms with Crippen molar-refractivity contribution in [1.82, 2.24) is 19.5 Å². The highest BCUT2D eigenvalue weighted by Gasteiger charge is 2.32. The van der Waals surface area contributed by atoms with Gasteiger partial charge in [-0.15, -0.1) is 0 Å². The number of aromatic nitrogens is 3. The normalized spacial score (nSPS) is 16.3. The summed E-state index contributed by atoms with van der Waals surface area (Å²) in [5, 5.41) is 4.49. The molecule has 2 atom stereocenters. The predicted molar refractivity (Wildman–Crippen MR) is 144 cm³/mol. The van der Waals surface area contributed by atoms with E-state index in [0.717, 1.165) is 17.5 Å². The van der Waals surface area contributed by atoms with Crippen LogP contribution in [0, 0.1) is 5.92 Å². The number of hydrogen-bond donors (Lipinski definition) is 2. The van der Waals surface area contributed by atoms with Crippen molar-refractivity contribution in [2.45, 2.75) is 26.2 Å². The van der Waals surface area contributed by atoms with Crippen molar-refractivity contribution < 1.29 is 19.1 Å². The lowest BCUT2D eigenvalue weighted by Gasteiger charge is -2.19. The first-order valence-electron chi connectivity index (χ1n) is 12.6. The number of nitrogens with two attached hydrogens (primary N) is 1. The predicted octanol–water partition coefficient (Wildman–Crippen LogP) is 4.76. The van der Waals surface area contributed by atoms with Crippen LogP contribution in [0.1, 0.15) is 42.2 Å². The van der Waals surface area contributed by atoms with Crippen molar-refractivity contribution in [2.75, 3.05) is 20.2 Å². The van der Waals surface area contributed by atoms with Gasteiger partial charge in [0.2, 0.25) is 5.91 Å². The highest BCUT2D eigenvalue weighted by Crippen LogP contribution is 2.35. The van der Waals surface area contributed by atoms with Gasteiger partial charge in [0.25, 0.3) is 5.91 Å². The molecule has 2 unspecified atom stereocenters. The number of carbonyl (C=O) groups excluding carboxylic acids is 2. The van der Waals surface area contributed by atoms with Crippen LogP contribution in [0.2, 0.25) is 0 Å². The summed E-state index contributed by atoms with van der Waals surface area (Å²) in [5.74, 6) is 1.35. The van der Waals surface area contributed by atoms with Crippen LogP contribution in [-0.4, -0.2) is 51.5 Å². The van der Waals surface area contributed by atoms with Gasteiger partial charge in [0, 0.05) is 30.1 Å². The van der Waals surface area contributed by atoms with E-state index in [9.17, 15) is 9.59 Å². The molecule has 1 aliphatic heterocycles. The highest BCUT2D eigenvalue weighted by molar-refractivity contribution is 5.98. The van der Waals surface area contributed by atoms with Crippen LogP contribution in [0.5, 0.6) is 17.2 Å². The molecule has 0 bridgehead atoms. The summed E-state index contributed by atoms with van der Waals surface area (Å²) in [5.41, 5.74) is 9.10. The lowest BCUT2D eigenvalue weighted by Crippen LogP contribution is -2.32. The third-order valence-corrected chi connectivity index (χ3v) is 6.97. The maximum absolute atomic E-state index is 12.8. The van der Waals surface area contributed by atoms with Crippen LogP contribution >= 0.6 is 0 Å². The second kappa shape index (κ2) is 10.5. The topological polar surface area (TPSA) is 115 Å². The van der Waals surface area contributed by atoms with Crippen LogP contribution in [0.4, 0.5) is 0 Å². The van der Waals surface area contributed by atoms with Gasteiger partial charge in [0.05, 0.1) is 24.9 Å². The number of allylic oxidation sites excluding steroid dienone is 1. The number of primary amides is 1. The minimum atomic E-state index is -0.585. The third kappa shape index (κ3) is 4.63. The van der Waals surface area contributed by atoms with E-state index in [1.807, 2.05) is 79.4 Å². The number of ether oxygens (including phenoxy) is 2. The lowest BCUT2D eigenvalue weighted by atomic mass is 10.0. The van der Waals surface area contributed by atoms with Crippen molar-refractivity contribution in [3.8, 4) is 28.5 Å². The summed E-state index contributed by atoms with van der Waals surface area (Å²) in [4.78, 5) is 30.6. The Morgan fingerprint density at radius 1 is 1.16 bits per heavy atom. The number of amides is 2. The van der Waals surface area contributed by atoms with Gasteiger partial charge in [-0.3, -0.25) is 9.59 Å². The number of rotatable bonds is 8. The van der Waals surface area contributed by atoms with E-state index in [4.69, 9.17) is 15.2 Å². The van der Waals surface area contributed by atoms with Crippen LogP contribution in [0.15, 0.2) is 66.9 Å². The Kier molecular flexibility index (Phi) is 6.91. The zero-order valence-electron chi connectivity index (χ0n) is 21.7. The molecule has 2 aromatic heterocycles. The summed E-state index contributed by atoms with van der Waals surface area (Å²) in [6.07, 6.45) is 6.41.